The Morgan fingerprint density at radius 2 is 2.12 bits per heavy atom. The van der Waals surface area contributed by atoms with Crippen molar-refractivity contribution >= 4 is 29.1 Å². The quantitative estimate of drug-likeness (QED) is 0.889. The van der Waals surface area contributed by atoms with Gasteiger partial charge in [0.15, 0.2) is 0 Å². The van der Waals surface area contributed by atoms with Crippen LogP contribution in [0.3, 0.4) is 0 Å². The molecule has 1 aliphatic carbocycles. The molecule has 1 atom stereocenters. The molecule has 0 aliphatic heterocycles. The van der Waals surface area contributed by atoms with Crippen molar-refractivity contribution in [3.8, 4) is 0 Å². The largest absolute Gasteiger partial charge is 0.348 e. The number of carbonyl (C=O) groups excluding carboxylic acids is 1. The lowest BCUT2D eigenvalue weighted by atomic mass is 10.1. The minimum Gasteiger partial charge on any atom is -0.348 e. The van der Waals surface area contributed by atoms with Gasteiger partial charge in [-0.25, -0.2) is 0 Å². The summed E-state index contributed by atoms with van der Waals surface area (Å²) in [4.78, 5) is 11.8. The van der Waals surface area contributed by atoms with Gasteiger partial charge in [0.1, 0.15) is 0 Å². The van der Waals surface area contributed by atoms with Gasteiger partial charge in [-0.05, 0) is 37.5 Å². The van der Waals surface area contributed by atoms with Crippen LogP contribution < -0.4 is 11.1 Å². The summed E-state index contributed by atoms with van der Waals surface area (Å²) >= 11 is 11.9. The molecule has 1 aromatic carbocycles. The van der Waals surface area contributed by atoms with Crippen molar-refractivity contribution < 1.29 is 4.79 Å². The summed E-state index contributed by atoms with van der Waals surface area (Å²) in [5, 5.41) is 3.99. The first kappa shape index (κ1) is 12.7. The minimum atomic E-state index is -0.660. The molecule has 3 N–H and O–H groups in total. The number of carbonyl (C=O) groups is 1. The van der Waals surface area contributed by atoms with E-state index in [-0.39, 0.29) is 11.9 Å². The maximum Gasteiger partial charge on any atom is 0.240 e. The van der Waals surface area contributed by atoms with Crippen molar-refractivity contribution in [3.05, 3.63) is 33.8 Å². The second kappa shape index (κ2) is 4.48. The van der Waals surface area contributed by atoms with Crippen molar-refractivity contribution in [2.45, 2.75) is 31.3 Å². The molecule has 0 heterocycles. The Bertz CT molecular complexity index is 458. The standard InChI is InChI=1S/C12H14Cl2N2O/c1-7(16-11(17)12(15)4-5-12)9-3-2-8(13)6-10(9)14/h2-3,6-7H,4-5,15H2,1H3,(H,16,17). The number of rotatable bonds is 3. The molecule has 0 saturated heterocycles. The van der Waals surface area contributed by atoms with Crippen LogP contribution in [-0.4, -0.2) is 11.4 Å². The lowest BCUT2D eigenvalue weighted by Gasteiger charge is -2.18. The van der Waals surface area contributed by atoms with Crippen LogP contribution in [0.25, 0.3) is 0 Å². The molecule has 92 valence electrons. The van der Waals surface area contributed by atoms with Gasteiger partial charge in [0.25, 0.3) is 0 Å². The first-order valence-corrected chi connectivity index (χ1v) is 6.23. The highest BCUT2D eigenvalue weighted by Gasteiger charge is 2.46. The predicted octanol–water partition coefficient (Wildman–Crippen LogP) is 2.66. The Balaban J connectivity index is 2.09. The number of nitrogens with one attached hydrogen (secondary N) is 1. The molecule has 0 bridgehead atoms. The molecule has 1 fully saturated rings. The molecule has 5 heteroatoms. The highest BCUT2D eigenvalue weighted by atomic mass is 35.5. The first-order valence-electron chi connectivity index (χ1n) is 5.47. The van der Waals surface area contributed by atoms with Gasteiger partial charge < -0.3 is 11.1 Å². The fraction of sp³-hybridized carbons (Fsp3) is 0.417. The molecule has 1 aromatic rings. The Morgan fingerprint density at radius 3 is 2.65 bits per heavy atom. The first-order chi connectivity index (χ1) is 7.92. The van der Waals surface area contributed by atoms with Gasteiger partial charge in [-0.15, -0.1) is 0 Å². The molecule has 2 rings (SSSR count). The molecular weight excluding hydrogens is 259 g/mol. The lowest BCUT2D eigenvalue weighted by Crippen LogP contribution is -2.43. The maximum atomic E-state index is 11.8. The molecule has 3 nitrogen and oxygen atoms in total. The van der Waals surface area contributed by atoms with E-state index in [1.165, 1.54) is 0 Å². The number of nitrogens with two attached hydrogens (primary N) is 1. The van der Waals surface area contributed by atoms with E-state index in [1.54, 1.807) is 12.1 Å². The van der Waals surface area contributed by atoms with E-state index in [0.717, 1.165) is 18.4 Å². The van der Waals surface area contributed by atoms with E-state index in [1.807, 2.05) is 13.0 Å². The molecule has 1 aliphatic rings. The third kappa shape index (κ3) is 2.73. The van der Waals surface area contributed by atoms with E-state index < -0.39 is 5.54 Å². The second-order valence-electron chi connectivity index (χ2n) is 4.52. The number of benzene rings is 1. The maximum absolute atomic E-state index is 11.8. The normalized spacial score (nSPS) is 18.6. The smallest absolute Gasteiger partial charge is 0.240 e. The van der Waals surface area contributed by atoms with Gasteiger partial charge in [-0.1, -0.05) is 29.3 Å². The summed E-state index contributed by atoms with van der Waals surface area (Å²) in [6, 6.07) is 5.05. The van der Waals surface area contributed by atoms with Crippen molar-refractivity contribution in [1.29, 1.82) is 0 Å². The number of halogens is 2. The lowest BCUT2D eigenvalue weighted by molar-refractivity contribution is -0.123. The summed E-state index contributed by atoms with van der Waals surface area (Å²) in [6.07, 6.45) is 1.50. The van der Waals surface area contributed by atoms with Crippen LogP contribution in [0, 0.1) is 0 Å². The molecule has 0 spiro atoms. The molecule has 17 heavy (non-hydrogen) atoms. The van der Waals surface area contributed by atoms with Crippen LogP contribution in [0.1, 0.15) is 31.4 Å². The Hall–Kier alpha value is -0.770. The van der Waals surface area contributed by atoms with Crippen molar-refractivity contribution in [2.75, 3.05) is 0 Å². The molecule has 1 amide bonds. The van der Waals surface area contributed by atoms with Crippen LogP contribution in [-0.2, 0) is 4.79 Å². The summed E-state index contributed by atoms with van der Waals surface area (Å²) in [6.45, 7) is 1.87. The second-order valence-corrected chi connectivity index (χ2v) is 5.36. The Morgan fingerprint density at radius 1 is 1.47 bits per heavy atom. The van der Waals surface area contributed by atoms with Crippen molar-refractivity contribution in [1.82, 2.24) is 5.32 Å². The topological polar surface area (TPSA) is 55.1 Å². The average Bonchev–Trinajstić information content (AvgIpc) is 2.97. The number of hydrogen-bond acceptors (Lipinski definition) is 2. The zero-order valence-corrected chi connectivity index (χ0v) is 11.0. The van der Waals surface area contributed by atoms with Crippen LogP contribution in [0.4, 0.5) is 0 Å². The van der Waals surface area contributed by atoms with Crippen LogP contribution in [0.5, 0.6) is 0 Å². The average molecular weight is 273 g/mol. The van der Waals surface area contributed by atoms with Crippen LogP contribution >= 0.6 is 23.2 Å². The van der Waals surface area contributed by atoms with Gasteiger partial charge in [-0.3, -0.25) is 4.79 Å². The Labute approximate surface area is 110 Å². The molecular formula is C12H14Cl2N2O. The van der Waals surface area contributed by atoms with E-state index in [4.69, 9.17) is 28.9 Å². The van der Waals surface area contributed by atoms with Crippen LogP contribution in [0.2, 0.25) is 10.0 Å². The third-order valence-corrected chi connectivity index (χ3v) is 3.58. The van der Waals surface area contributed by atoms with Gasteiger partial charge >= 0.3 is 0 Å². The highest BCUT2D eigenvalue weighted by molar-refractivity contribution is 6.35. The summed E-state index contributed by atoms with van der Waals surface area (Å²) in [7, 11) is 0. The molecule has 0 radical (unpaired) electrons. The molecule has 1 unspecified atom stereocenters. The number of amides is 1. The summed E-state index contributed by atoms with van der Waals surface area (Å²) < 4.78 is 0. The fourth-order valence-electron chi connectivity index (χ4n) is 1.63. The predicted molar refractivity (Wildman–Crippen MR) is 69.2 cm³/mol. The van der Waals surface area contributed by atoms with Gasteiger partial charge in [0.05, 0.1) is 11.6 Å². The van der Waals surface area contributed by atoms with E-state index in [9.17, 15) is 4.79 Å². The zero-order valence-electron chi connectivity index (χ0n) is 9.47. The fourth-order valence-corrected chi connectivity index (χ4v) is 2.20. The molecule has 1 saturated carbocycles. The summed E-state index contributed by atoms with van der Waals surface area (Å²) in [5.41, 5.74) is 5.99. The highest BCUT2D eigenvalue weighted by Crippen LogP contribution is 2.33. The van der Waals surface area contributed by atoms with Gasteiger partial charge in [0.2, 0.25) is 5.91 Å². The monoisotopic (exact) mass is 272 g/mol. The zero-order chi connectivity index (χ0) is 12.6. The van der Waals surface area contributed by atoms with Crippen molar-refractivity contribution in [2.24, 2.45) is 5.73 Å². The third-order valence-electron chi connectivity index (χ3n) is 3.02. The SMILES string of the molecule is CC(NC(=O)C1(N)CC1)c1ccc(Cl)cc1Cl. The Kier molecular flexibility index (Phi) is 3.34. The van der Waals surface area contributed by atoms with E-state index >= 15 is 0 Å². The number of hydrogen-bond donors (Lipinski definition) is 2. The van der Waals surface area contributed by atoms with E-state index in [0.29, 0.717) is 10.0 Å². The van der Waals surface area contributed by atoms with Gasteiger partial charge in [0, 0.05) is 10.0 Å². The molecule has 0 aromatic heterocycles. The van der Waals surface area contributed by atoms with Crippen molar-refractivity contribution in [3.63, 3.8) is 0 Å². The minimum absolute atomic E-state index is 0.115. The van der Waals surface area contributed by atoms with E-state index in [2.05, 4.69) is 5.32 Å². The summed E-state index contributed by atoms with van der Waals surface area (Å²) in [5.74, 6) is -0.115. The van der Waals surface area contributed by atoms with Crippen LogP contribution in [0.15, 0.2) is 18.2 Å². The van der Waals surface area contributed by atoms with Gasteiger partial charge in [-0.2, -0.15) is 0 Å².